The number of rotatable bonds is 12. The van der Waals surface area contributed by atoms with E-state index in [4.69, 9.17) is 18.9 Å². The van der Waals surface area contributed by atoms with Crippen LogP contribution < -0.4 is 14.2 Å². The van der Waals surface area contributed by atoms with Crippen molar-refractivity contribution in [1.29, 1.82) is 0 Å². The summed E-state index contributed by atoms with van der Waals surface area (Å²) in [6.07, 6.45) is 4.63. The van der Waals surface area contributed by atoms with Gasteiger partial charge in [0.05, 0.1) is 38.3 Å². The van der Waals surface area contributed by atoms with Gasteiger partial charge in [0.2, 0.25) is 5.91 Å². The Morgan fingerprint density at radius 1 is 0.963 bits per heavy atom. The van der Waals surface area contributed by atoms with Crippen LogP contribution in [0.3, 0.4) is 0 Å². The molecule has 0 radical (unpaired) electrons. The first-order valence-corrected chi connectivity index (χ1v) is 18.6. The summed E-state index contributed by atoms with van der Waals surface area (Å²) in [5.74, 6) is -0.975. The normalized spacial score (nSPS) is 19.4. The quantitative estimate of drug-likeness (QED) is 0.156. The van der Waals surface area contributed by atoms with Crippen molar-refractivity contribution in [1.82, 2.24) is 24.8 Å². The molecule has 0 spiro atoms. The largest absolute Gasteiger partial charge is 0.497 e. The monoisotopic (exact) mass is 739 g/mol. The lowest BCUT2D eigenvalue weighted by atomic mass is 9.77. The fourth-order valence-corrected chi connectivity index (χ4v) is 7.96. The van der Waals surface area contributed by atoms with Gasteiger partial charge < -0.3 is 28.7 Å². The summed E-state index contributed by atoms with van der Waals surface area (Å²) in [6, 6.07) is 15.1. The van der Waals surface area contributed by atoms with Crippen molar-refractivity contribution in [2.45, 2.75) is 77.8 Å². The van der Waals surface area contributed by atoms with Crippen molar-refractivity contribution in [3.8, 4) is 17.2 Å². The highest BCUT2D eigenvalue weighted by Crippen LogP contribution is 2.43. The molecule has 3 aromatic carbocycles. The molecule has 0 N–H and O–H groups in total. The molecule has 1 saturated carbocycles. The zero-order chi connectivity index (χ0) is 37.9. The van der Waals surface area contributed by atoms with E-state index in [1.54, 1.807) is 58.1 Å². The SMILES string of the molecule is COc1ccc(COC(=O)[C@H]2CCCC[C@H]2C(=O)N2CCc3c(F)ccc(OCc4cn(C(C)C)nn4)c3[C@H]2CN2Cc3ccccc3C2=O)c(OC)c1. The van der Waals surface area contributed by atoms with Crippen LogP contribution in [0, 0.1) is 17.7 Å². The smallest absolute Gasteiger partial charge is 0.310 e. The second-order valence-electron chi connectivity index (χ2n) is 14.4. The third-order valence-electron chi connectivity index (χ3n) is 10.9. The average molecular weight is 740 g/mol. The van der Waals surface area contributed by atoms with Crippen LogP contribution in [0.15, 0.2) is 60.8 Å². The molecule has 1 aromatic heterocycles. The van der Waals surface area contributed by atoms with E-state index in [-0.39, 0.29) is 50.6 Å². The molecule has 3 heterocycles. The van der Waals surface area contributed by atoms with Crippen molar-refractivity contribution in [2.24, 2.45) is 11.8 Å². The average Bonchev–Trinajstić information content (AvgIpc) is 3.81. The van der Waals surface area contributed by atoms with Gasteiger partial charge in [0.25, 0.3) is 5.91 Å². The molecule has 4 aromatic rings. The Kier molecular flexibility index (Phi) is 10.8. The number of carbonyl (C=O) groups is 3. The summed E-state index contributed by atoms with van der Waals surface area (Å²) in [7, 11) is 3.10. The van der Waals surface area contributed by atoms with Gasteiger partial charge in [0, 0.05) is 48.4 Å². The lowest BCUT2D eigenvalue weighted by Gasteiger charge is -2.43. The standard InChI is InChI=1S/C41H46FN5O7/c1-25(2)47-21-28(43-44-47)24-53-36-16-15-34(42)33-17-18-46(35(38(33)36)22-45-20-26-9-5-6-10-30(26)39(45)48)40(49)31-11-7-8-12-32(31)41(50)54-23-27-13-14-29(51-3)19-37(27)52-4/h5-6,9-10,13-16,19,21,25,31-32,35H,7-8,11-12,17-18,20,22-24H2,1-4H3/t31-,32+,35-/m1/s1. The predicted octanol–water partition coefficient (Wildman–Crippen LogP) is 6.23. The van der Waals surface area contributed by atoms with Gasteiger partial charge in [-0.2, -0.15) is 0 Å². The number of amides is 2. The molecule has 0 unspecified atom stereocenters. The van der Waals surface area contributed by atoms with Crippen molar-refractivity contribution in [2.75, 3.05) is 27.3 Å². The molecule has 7 rings (SSSR count). The maximum atomic E-state index is 15.7. The van der Waals surface area contributed by atoms with Gasteiger partial charge in [-0.3, -0.25) is 14.4 Å². The van der Waals surface area contributed by atoms with Crippen molar-refractivity contribution < 1.29 is 37.7 Å². The molecule has 0 saturated heterocycles. The van der Waals surface area contributed by atoms with Crippen LogP contribution in [-0.4, -0.2) is 69.9 Å². The van der Waals surface area contributed by atoms with Gasteiger partial charge in [-0.15, -0.1) is 5.10 Å². The Labute approximate surface area is 314 Å². The number of ether oxygens (including phenoxy) is 4. The lowest BCUT2D eigenvalue weighted by molar-refractivity contribution is -0.159. The number of aromatic nitrogens is 3. The van der Waals surface area contributed by atoms with Crippen LogP contribution in [0.1, 0.15) is 89.9 Å². The van der Waals surface area contributed by atoms with Crippen LogP contribution >= 0.6 is 0 Å². The third kappa shape index (κ3) is 7.36. The number of halogens is 1. The van der Waals surface area contributed by atoms with E-state index >= 15 is 4.39 Å². The van der Waals surface area contributed by atoms with Gasteiger partial charge in [0.15, 0.2) is 0 Å². The van der Waals surface area contributed by atoms with Crippen LogP contribution in [-0.2, 0) is 40.5 Å². The van der Waals surface area contributed by atoms with Crippen LogP contribution in [0.2, 0.25) is 0 Å². The van der Waals surface area contributed by atoms with E-state index in [0.29, 0.717) is 64.6 Å². The second-order valence-corrected chi connectivity index (χ2v) is 14.4. The first-order chi connectivity index (χ1) is 26.2. The first-order valence-electron chi connectivity index (χ1n) is 18.6. The minimum Gasteiger partial charge on any atom is -0.497 e. The second kappa shape index (κ2) is 15.9. The Hall–Kier alpha value is -5.46. The van der Waals surface area contributed by atoms with E-state index in [9.17, 15) is 14.4 Å². The maximum absolute atomic E-state index is 15.7. The van der Waals surface area contributed by atoms with Gasteiger partial charge in [0.1, 0.15) is 42.0 Å². The van der Waals surface area contributed by atoms with Gasteiger partial charge in [-0.05, 0) is 74.6 Å². The van der Waals surface area contributed by atoms with Gasteiger partial charge >= 0.3 is 5.97 Å². The van der Waals surface area contributed by atoms with E-state index in [2.05, 4.69) is 10.3 Å². The van der Waals surface area contributed by atoms with Crippen LogP contribution in [0.5, 0.6) is 17.2 Å². The van der Waals surface area contributed by atoms with Crippen molar-refractivity contribution in [3.63, 3.8) is 0 Å². The number of benzene rings is 3. The Bertz CT molecular complexity index is 2030. The number of hydrogen-bond donors (Lipinski definition) is 0. The molecule has 13 heteroatoms. The molecule has 3 atom stereocenters. The molecule has 2 aliphatic heterocycles. The Balaban J connectivity index is 1.18. The fourth-order valence-electron chi connectivity index (χ4n) is 7.96. The molecular formula is C41H46FN5O7. The highest BCUT2D eigenvalue weighted by Gasteiger charge is 2.44. The summed E-state index contributed by atoms with van der Waals surface area (Å²) >= 11 is 0. The Morgan fingerprint density at radius 3 is 2.50 bits per heavy atom. The first kappa shape index (κ1) is 36.9. The van der Waals surface area contributed by atoms with Crippen molar-refractivity contribution >= 4 is 17.8 Å². The summed E-state index contributed by atoms with van der Waals surface area (Å²) in [5.41, 5.74) is 3.75. The van der Waals surface area contributed by atoms with E-state index in [1.165, 1.54) is 13.2 Å². The van der Waals surface area contributed by atoms with Gasteiger partial charge in [-0.1, -0.05) is 36.3 Å². The van der Waals surface area contributed by atoms with Gasteiger partial charge in [-0.25, -0.2) is 9.07 Å². The minimum absolute atomic E-state index is 0.0222. The fraction of sp³-hybridized carbons (Fsp3) is 0.439. The highest BCUT2D eigenvalue weighted by atomic mass is 19.1. The number of fused-ring (bicyclic) bond motifs is 2. The highest BCUT2D eigenvalue weighted by molar-refractivity contribution is 5.98. The topological polar surface area (TPSA) is 125 Å². The number of esters is 1. The summed E-state index contributed by atoms with van der Waals surface area (Å²) in [6.45, 7) is 4.75. The number of hydrogen-bond acceptors (Lipinski definition) is 9. The summed E-state index contributed by atoms with van der Waals surface area (Å²) in [5, 5.41) is 8.41. The minimum atomic E-state index is -0.737. The molecule has 0 bridgehead atoms. The van der Waals surface area contributed by atoms with E-state index in [1.807, 2.05) is 32.0 Å². The van der Waals surface area contributed by atoms with Crippen LogP contribution in [0.25, 0.3) is 0 Å². The molecule has 2 amide bonds. The molecular weight excluding hydrogens is 693 g/mol. The summed E-state index contributed by atoms with van der Waals surface area (Å²) < 4.78 is 40.4. The molecule has 284 valence electrons. The Morgan fingerprint density at radius 2 is 1.76 bits per heavy atom. The summed E-state index contributed by atoms with van der Waals surface area (Å²) in [4.78, 5) is 45.8. The third-order valence-corrected chi connectivity index (χ3v) is 10.9. The molecule has 3 aliphatic rings. The zero-order valence-corrected chi connectivity index (χ0v) is 31.1. The maximum Gasteiger partial charge on any atom is 0.310 e. The molecule has 1 fully saturated rings. The van der Waals surface area contributed by atoms with Crippen molar-refractivity contribution in [3.05, 3.63) is 100 Å². The van der Waals surface area contributed by atoms with Crippen LogP contribution in [0.4, 0.5) is 4.39 Å². The van der Waals surface area contributed by atoms with E-state index in [0.717, 1.165) is 18.4 Å². The molecule has 54 heavy (non-hydrogen) atoms. The lowest BCUT2D eigenvalue weighted by Crippen LogP contribution is -2.50. The molecule has 1 aliphatic carbocycles. The number of carbonyl (C=O) groups excluding carboxylic acids is 3. The van der Waals surface area contributed by atoms with E-state index < -0.39 is 29.7 Å². The number of methoxy groups -OCH3 is 2. The molecule has 12 nitrogen and oxygen atoms in total. The predicted molar refractivity (Wildman–Crippen MR) is 195 cm³/mol. The zero-order valence-electron chi connectivity index (χ0n) is 31.1. The number of nitrogens with zero attached hydrogens (tertiary/aromatic N) is 5.